The monoisotopic (exact) mass is 550 g/mol. The van der Waals surface area contributed by atoms with E-state index in [1.165, 1.54) is 11.0 Å². The number of ketones is 2. The van der Waals surface area contributed by atoms with Crippen molar-refractivity contribution in [3.05, 3.63) is 88.5 Å². The molecule has 208 valence electrons. The van der Waals surface area contributed by atoms with E-state index in [4.69, 9.17) is 4.74 Å². The predicted molar refractivity (Wildman–Crippen MR) is 151 cm³/mol. The fourth-order valence-electron chi connectivity index (χ4n) is 7.32. The molecule has 2 fully saturated rings. The van der Waals surface area contributed by atoms with Gasteiger partial charge in [-0.15, -0.1) is 0 Å². The lowest BCUT2D eigenvalue weighted by molar-refractivity contribution is -0.123. The molecule has 2 aromatic rings. The van der Waals surface area contributed by atoms with Crippen molar-refractivity contribution in [3.8, 4) is 5.75 Å². The number of imide groups is 1. The lowest BCUT2D eigenvalue weighted by atomic mass is 9.59. The minimum Gasteiger partial charge on any atom is -0.508 e. The highest BCUT2D eigenvalue weighted by Crippen LogP contribution is 2.55. The van der Waals surface area contributed by atoms with Gasteiger partial charge in [-0.25, -0.2) is 0 Å². The molecule has 41 heavy (non-hydrogen) atoms. The highest BCUT2D eigenvalue weighted by molar-refractivity contribution is 6.25. The number of hydrogen-bond acceptors (Lipinski definition) is 7. The first-order chi connectivity index (χ1) is 19.8. The summed E-state index contributed by atoms with van der Waals surface area (Å²) in [5.41, 5.74) is 4.49. The third-order valence-corrected chi connectivity index (χ3v) is 9.27. The van der Waals surface area contributed by atoms with Crippen molar-refractivity contribution in [2.24, 2.45) is 17.8 Å². The Morgan fingerprint density at radius 3 is 2.24 bits per heavy atom. The molecule has 2 aromatic carbocycles. The maximum atomic E-state index is 14.1. The number of phenols is 1. The SMILES string of the molecule is CC1=CC(=O)C2=C(CC3C(=CC[C@@H]4C(=O)N(c5ccc(N6CCOCC6)cc5)C(=O)[C@H]34)[C@H]2c2ccc(O)cc2)C1=O. The smallest absolute Gasteiger partial charge is 0.238 e. The van der Waals surface area contributed by atoms with E-state index in [0.29, 0.717) is 42.0 Å². The molecule has 8 nitrogen and oxygen atoms in total. The molecule has 2 heterocycles. The van der Waals surface area contributed by atoms with Crippen LogP contribution in [0.3, 0.4) is 0 Å². The van der Waals surface area contributed by atoms with Gasteiger partial charge in [-0.05, 0) is 73.7 Å². The lowest BCUT2D eigenvalue weighted by Gasteiger charge is -2.42. The molecule has 3 aliphatic carbocycles. The van der Waals surface area contributed by atoms with Crippen molar-refractivity contribution in [1.29, 1.82) is 0 Å². The minimum absolute atomic E-state index is 0.0987. The number of rotatable bonds is 3. The second-order valence-corrected chi connectivity index (χ2v) is 11.4. The molecule has 5 aliphatic rings. The van der Waals surface area contributed by atoms with Gasteiger partial charge in [0, 0.05) is 41.4 Å². The number of phenolic OH excluding ortho intramolecular Hbond substituents is 1. The molecule has 7 rings (SSSR count). The van der Waals surface area contributed by atoms with Crippen molar-refractivity contribution < 1.29 is 29.0 Å². The number of ether oxygens (including phenoxy) is 1. The number of nitrogens with zero attached hydrogens (tertiary/aromatic N) is 2. The van der Waals surface area contributed by atoms with Crippen molar-refractivity contribution in [2.45, 2.75) is 25.7 Å². The minimum atomic E-state index is -0.621. The third kappa shape index (κ3) is 4.00. The molecule has 0 bridgehead atoms. The average Bonchev–Trinajstić information content (AvgIpc) is 3.25. The predicted octanol–water partition coefficient (Wildman–Crippen LogP) is 3.86. The Morgan fingerprint density at radius 2 is 1.54 bits per heavy atom. The van der Waals surface area contributed by atoms with Gasteiger partial charge in [0.05, 0.1) is 30.7 Å². The quantitative estimate of drug-likeness (QED) is 0.352. The number of allylic oxidation sites excluding steroid dienone is 6. The number of anilines is 2. The van der Waals surface area contributed by atoms with E-state index in [2.05, 4.69) is 4.90 Å². The Hall–Kier alpha value is -4.30. The number of fused-ring (bicyclic) bond motifs is 3. The van der Waals surface area contributed by atoms with Gasteiger partial charge in [-0.2, -0.15) is 0 Å². The van der Waals surface area contributed by atoms with E-state index in [9.17, 15) is 24.3 Å². The Bertz CT molecular complexity index is 1580. The summed E-state index contributed by atoms with van der Waals surface area (Å²) in [4.78, 5) is 58.1. The molecule has 0 spiro atoms. The highest BCUT2D eigenvalue weighted by Gasteiger charge is 2.56. The lowest BCUT2D eigenvalue weighted by Crippen LogP contribution is -2.39. The molecular weight excluding hydrogens is 520 g/mol. The number of carbonyl (C=O) groups excluding carboxylic acids is 4. The maximum Gasteiger partial charge on any atom is 0.238 e. The van der Waals surface area contributed by atoms with Crippen LogP contribution in [0.5, 0.6) is 5.75 Å². The first-order valence-electron chi connectivity index (χ1n) is 14.1. The van der Waals surface area contributed by atoms with Crippen LogP contribution < -0.4 is 9.80 Å². The Morgan fingerprint density at radius 1 is 0.854 bits per heavy atom. The third-order valence-electron chi connectivity index (χ3n) is 9.27. The maximum absolute atomic E-state index is 14.1. The van der Waals surface area contributed by atoms with Gasteiger partial charge in [0.25, 0.3) is 0 Å². The molecule has 0 saturated carbocycles. The van der Waals surface area contributed by atoms with Crippen molar-refractivity contribution in [2.75, 3.05) is 36.1 Å². The zero-order valence-corrected chi connectivity index (χ0v) is 22.7. The normalized spacial score (nSPS) is 27.8. The first-order valence-corrected chi connectivity index (χ1v) is 14.1. The second kappa shape index (κ2) is 9.66. The Kier molecular flexibility index (Phi) is 6.05. The van der Waals surface area contributed by atoms with E-state index in [1.807, 2.05) is 30.3 Å². The molecule has 8 heteroatoms. The summed E-state index contributed by atoms with van der Waals surface area (Å²) in [6, 6.07) is 14.2. The van der Waals surface area contributed by atoms with Crippen LogP contribution in [0.2, 0.25) is 0 Å². The van der Waals surface area contributed by atoms with Gasteiger partial charge in [0.2, 0.25) is 11.8 Å². The summed E-state index contributed by atoms with van der Waals surface area (Å²) in [5, 5.41) is 9.91. The van der Waals surface area contributed by atoms with Crippen molar-refractivity contribution >= 4 is 34.8 Å². The van der Waals surface area contributed by atoms with Crippen LogP contribution >= 0.6 is 0 Å². The molecular formula is C33H30N2O6. The van der Waals surface area contributed by atoms with Gasteiger partial charge in [0.15, 0.2) is 11.6 Å². The fourth-order valence-corrected chi connectivity index (χ4v) is 7.32. The summed E-state index contributed by atoms with van der Waals surface area (Å²) in [6.07, 6.45) is 4.03. The average molecular weight is 551 g/mol. The standard InChI is InChI=1S/C33H30N2O6/c1-18-16-27(37)30-26(31(18)38)17-25-23(28(30)19-2-8-22(36)9-3-19)10-11-24-29(25)33(40)35(32(24)39)21-6-4-20(5-7-21)34-12-14-41-15-13-34/h2-10,16,24-25,28-29,36H,11-15,17H2,1H3/t24-,25?,28+,29-/m0/s1. The van der Waals surface area contributed by atoms with Gasteiger partial charge < -0.3 is 14.7 Å². The van der Waals surface area contributed by atoms with E-state index in [0.717, 1.165) is 29.9 Å². The molecule has 0 radical (unpaired) electrons. The first kappa shape index (κ1) is 25.7. The highest BCUT2D eigenvalue weighted by atomic mass is 16.5. The summed E-state index contributed by atoms with van der Waals surface area (Å²) in [5.74, 6) is -2.82. The van der Waals surface area contributed by atoms with Gasteiger partial charge in [-0.3, -0.25) is 24.1 Å². The summed E-state index contributed by atoms with van der Waals surface area (Å²) in [7, 11) is 0. The van der Waals surface area contributed by atoms with Crippen LogP contribution in [0.25, 0.3) is 0 Å². The fraction of sp³-hybridized carbons (Fsp3) is 0.333. The van der Waals surface area contributed by atoms with Crippen LogP contribution in [0.4, 0.5) is 11.4 Å². The molecule has 1 unspecified atom stereocenters. The summed E-state index contributed by atoms with van der Waals surface area (Å²) < 4.78 is 5.44. The van der Waals surface area contributed by atoms with Crippen LogP contribution in [-0.2, 0) is 23.9 Å². The van der Waals surface area contributed by atoms with Crippen LogP contribution in [0.1, 0.15) is 31.2 Å². The van der Waals surface area contributed by atoms with Gasteiger partial charge >= 0.3 is 0 Å². The van der Waals surface area contributed by atoms with Crippen molar-refractivity contribution in [3.63, 3.8) is 0 Å². The number of Topliss-reactive ketones (excluding diaryl/α,β-unsaturated/α-hetero) is 1. The van der Waals surface area contributed by atoms with E-state index in [1.54, 1.807) is 31.2 Å². The van der Waals surface area contributed by atoms with Gasteiger partial charge in [0.1, 0.15) is 5.75 Å². The van der Waals surface area contributed by atoms with E-state index in [-0.39, 0.29) is 41.5 Å². The number of benzene rings is 2. The molecule has 2 aliphatic heterocycles. The number of carbonyl (C=O) groups is 4. The summed E-state index contributed by atoms with van der Waals surface area (Å²) >= 11 is 0. The van der Waals surface area contributed by atoms with E-state index >= 15 is 0 Å². The molecule has 4 atom stereocenters. The number of morpholine rings is 1. The van der Waals surface area contributed by atoms with Crippen molar-refractivity contribution in [1.82, 2.24) is 0 Å². The van der Waals surface area contributed by atoms with Crippen LogP contribution in [0.15, 0.2) is 83.0 Å². The topological polar surface area (TPSA) is 104 Å². The zero-order valence-electron chi connectivity index (χ0n) is 22.7. The number of hydrogen-bond donors (Lipinski definition) is 1. The number of amides is 2. The van der Waals surface area contributed by atoms with Gasteiger partial charge in [-0.1, -0.05) is 23.8 Å². The zero-order chi connectivity index (χ0) is 28.4. The Balaban J connectivity index is 1.26. The molecule has 0 aromatic heterocycles. The summed E-state index contributed by atoms with van der Waals surface area (Å²) in [6.45, 7) is 4.55. The molecule has 2 amide bonds. The van der Waals surface area contributed by atoms with Crippen LogP contribution in [0, 0.1) is 17.8 Å². The number of aromatic hydroxyl groups is 1. The largest absolute Gasteiger partial charge is 0.508 e. The Labute approximate surface area is 237 Å². The molecule has 2 saturated heterocycles. The second-order valence-electron chi connectivity index (χ2n) is 11.4. The molecule has 1 N–H and O–H groups in total. The van der Waals surface area contributed by atoms with E-state index < -0.39 is 17.8 Å². The van der Waals surface area contributed by atoms with Crippen LogP contribution in [-0.4, -0.2) is 54.8 Å².